The Kier molecular flexibility index (Phi) is 5.74. The first kappa shape index (κ1) is 20.3. The van der Waals surface area contributed by atoms with Gasteiger partial charge in [0.1, 0.15) is 0 Å². The van der Waals surface area contributed by atoms with E-state index in [1.165, 1.54) is 4.57 Å². The van der Waals surface area contributed by atoms with Crippen LogP contribution in [-0.2, 0) is 16.8 Å². The number of amides is 1. The lowest BCUT2D eigenvalue weighted by Crippen LogP contribution is -2.40. The van der Waals surface area contributed by atoms with Crippen LogP contribution in [0.5, 0.6) is 6.01 Å². The minimum Gasteiger partial charge on any atom is -0.461 e. The maximum atomic E-state index is 12.5. The van der Waals surface area contributed by atoms with E-state index in [0.29, 0.717) is 11.2 Å². The van der Waals surface area contributed by atoms with E-state index in [9.17, 15) is 18.0 Å². The monoisotopic (exact) mass is 430 g/mol. The molecule has 0 aliphatic heterocycles. The number of thiazole rings is 1. The number of carbonyl (C=O) groups is 1. The van der Waals surface area contributed by atoms with E-state index in [1.54, 1.807) is 34.7 Å². The highest BCUT2D eigenvalue weighted by molar-refractivity contribution is 7.88. The van der Waals surface area contributed by atoms with Gasteiger partial charge in [0.15, 0.2) is 0 Å². The summed E-state index contributed by atoms with van der Waals surface area (Å²) in [5, 5.41) is 5.56. The Morgan fingerprint density at radius 1 is 1.46 bits per heavy atom. The molecule has 1 aliphatic rings. The molecule has 0 unspecified atom stereocenters. The minimum atomic E-state index is -4.38. The third-order valence-corrected chi connectivity index (χ3v) is 5.52. The average Bonchev–Trinajstić information content (AvgIpc) is 3.25. The van der Waals surface area contributed by atoms with Gasteiger partial charge in [0, 0.05) is 24.2 Å². The molecule has 3 rings (SSSR count). The molecule has 11 nitrogen and oxygen atoms in total. The molecule has 1 amide bonds. The number of hydrogen-bond donors (Lipinski definition) is 1. The number of hydrogen-bond acceptors (Lipinski definition) is 7. The van der Waals surface area contributed by atoms with Gasteiger partial charge in [0.05, 0.1) is 6.10 Å². The highest BCUT2D eigenvalue weighted by atomic mass is 32.2. The van der Waals surface area contributed by atoms with Gasteiger partial charge in [-0.2, -0.15) is 8.42 Å². The first-order chi connectivity index (χ1) is 13.2. The molecule has 1 saturated carbocycles. The molecular weight excluding hydrogens is 408 g/mol. The van der Waals surface area contributed by atoms with E-state index in [4.69, 9.17) is 4.74 Å². The summed E-state index contributed by atoms with van der Waals surface area (Å²) >= 11 is 1.13. The highest BCUT2D eigenvalue weighted by Crippen LogP contribution is 2.36. The summed E-state index contributed by atoms with van der Waals surface area (Å²) in [4.78, 5) is 25.1. The Morgan fingerprint density at radius 3 is 2.79 bits per heavy atom. The van der Waals surface area contributed by atoms with Crippen molar-refractivity contribution in [2.75, 3.05) is 0 Å². The zero-order valence-electron chi connectivity index (χ0n) is 15.7. The molecule has 1 aliphatic carbocycles. The van der Waals surface area contributed by atoms with Gasteiger partial charge in [-0.05, 0) is 33.1 Å². The van der Waals surface area contributed by atoms with Crippen LogP contribution in [0, 0.1) is 0 Å². The summed E-state index contributed by atoms with van der Waals surface area (Å²) in [6.45, 7) is 6.06. The summed E-state index contributed by atoms with van der Waals surface area (Å²) in [6.07, 6.45) is 3.78. The Morgan fingerprint density at radius 2 is 2.18 bits per heavy atom. The van der Waals surface area contributed by atoms with Crippen LogP contribution in [0.1, 0.15) is 46.1 Å². The van der Waals surface area contributed by atoms with Crippen molar-refractivity contribution < 1.29 is 17.9 Å². The predicted octanol–water partition coefficient (Wildman–Crippen LogP) is 0.843. The molecule has 2 aromatic rings. The molecule has 13 heteroatoms. The molecule has 2 heterocycles. The van der Waals surface area contributed by atoms with E-state index >= 15 is 0 Å². The number of rotatable bonds is 7. The summed E-state index contributed by atoms with van der Waals surface area (Å²) < 4.78 is 38.8. The van der Waals surface area contributed by atoms with Crippen molar-refractivity contribution in [1.82, 2.24) is 23.6 Å². The van der Waals surface area contributed by atoms with Crippen LogP contribution in [0.15, 0.2) is 20.8 Å². The fourth-order valence-corrected chi connectivity index (χ4v) is 4.24. The smallest absolute Gasteiger partial charge is 0.361 e. The van der Waals surface area contributed by atoms with E-state index < -0.39 is 21.9 Å². The normalized spacial score (nSPS) is 15.2. The van der Waals surface area contributed by atoms with E-state index in [2.05, 4.69) is 9.50 Å². The van der Waals surface area contributed by atoms with Crippen LogP contribution >= 0.6 is 11.3 Å². The zero-order valence-corrected chi connectivity index (χ0v) is 17.4. The van der Waals surface area contributed by atoms with Gasteiger partial charge in [-0.3, -0.25) is 0 Å². The van der Waals surface area contributed by atoms with Gasteiger partial charge in [0.25, 0.3) is 0 Å². The van der Waals surface area contributed by atoms with Crippen molar-refractivity contribution in [3.8, 4) is 6.01 Å². The van der Waals surface area contributed by atoms with Crippen LogP contribution in [0.25, 0.3) is 0 Å². The molecule has 0 bridgehead atoms. The van der Waals surface area contributed by atoms with Crippen molar-refractivity contribution in [3.05, 3.63) is 26.9 Å². The third-order valence-electron chi connectivity index (χ3n) is 3.76. The Hall–Kier alpha value is -2.41. The SMILES string of the molecule is CCCn1ccs/c1=N/S(=O)(=O)NC(=O)n1nc(OC(C)C)n(C2CC2)c1=O. The summed E-state index contributed by atoms with van der Waals surface area (Å²) in [5.41, 5.74) is -0.747. The molecule has 0 radical (unpaired) electrons. The molecular formula is C15H22N6O5S2. The second-order valence-corrected chi connectivity index (χ2v) is 8.81. The van der Waals surface area contributed by atoms with Crippen LogP contribution in [0.2, 0.25) is 0 Å². The molecule has 0 saturated heterocycles. The van der Waals surface area contributed by atoms with E-state index in [-0.39, 0.29) is 23.0 Å². The molecule has 154 valence electrons. The molecule has 1 N–H and O–H groups in total. The van der Waals surface area contributed by atoms with Crippen LogP contribution < -0.4 is 20.0 Å². The van der Waals surface area contributed by atoms with Crippen LogP contribution in [0.4, 0.5) is 4.79 Å². The van der Waals surface area contributed by atoms with Crippen molar-refractivity contribution in [2.45, 2.75) is 58.7 Å². The number of nitrogens with zero attached hydrogens (tertiary/aromatic N) is 5. The average molecular weight is 431 g/mol. The lowest BCUT2D eigenvalue weighted by molar-refractivity contribution is 0.208. The lowest BCUT2D eigenvalue weighted by Gasteiger charge is -2.08. The van der Waals surface area contributed by atoms with E-state index in [0.717, 1.165) is 30.6 Å². The fraction of sp³-hybridized carbons (Fsp3) is 0.600. The number of aryl methyl sites for hydroxylation is 1. The zero-order chi connectivity index (χ0) is 20.5. The Labute approximate surface area is 165 Å². The van der Waals surface area contributed by atoms with Crippen molar-refractivity contribution in [2.24, 2.45) is 4.40 Å². The predicted molar refractivity (Wildman–Crippen MR) is 102 cm³/mol. The molecule has 2 aromatic heterocycles. The molecule has 0 spiro atoms. The van der Waals surface area contributed by atoms with Crippen molar-refractivity contribution >= 4 is 27.6 Å². The maximum absolute atomic E-state index is 12.5. The number of carbonyl (C=O) groups excluding carboxylic acids is 1. The molecule has 1 fully saturated rings. The Bertz CT molecular complexity index is 1090. The van der Waals surface area contributed by atoms with Crippen LogP contribution in [0.3, 0.4) is 0 Å². The van der Waals surface area contributed by atoms with Gasteiger partial charge >= 0.3 is 27.9 Å². The highest BCUT2D eigenvalue weighted by Gasteiger charge is 2.33. The number of aromatic nitrogens is 4. The van der Waals surface area contributed by atoms with Gasteiger partial charge in [-0.25, -0.2) is 18.9 Å². The van der Waals surface area contributed by atoms with Gasteiger partial charge in [-0.1, -0.05) is 6.92 Å². The topological polar surface area (TPSA) is 130 Å². The maximum Gasteiger partial charge on any atom is 0.361 e. The second-order valence-electron chi connectivity index (χ2n) is 6.60. The standard InChI is InChI=1S/C15H22N6O5S2/c1-4-7-19-8-9-27-14(19)18-28(24,25)17-12(22)21-15(23)20(11-5-6-11)13(16-21)26-10(2)3/h8-11H,4-7H2,1-3H3,(H,17,22)/b18-14+. The molecule has 28 heavy (non-hydrogen) atoms. The summed E-state index contributed by atoms with van der Waals surface area (Å²) in [7, 11) is -4.38. The summed E-state index contributed by atoms with van der Waals surface area (Å²) in [6, 6.07) is -1.31. The first-order valence-electron chi connectivity index (χ1n) is 8.87. The fourth-order valence-electron chi connectivity index (χ4n) is 2.49. The number of nitrogens with one attached hydrogen (secondary N) is 1. The summed E-state index contributed by atoms with van der Waals surface area (Å²) in [5.74, 6) is 0. The van der Waals surface area contributed by atoms with Crippen LogP contribution in [-0.4, -0.2) is 39.5 Å². The van der Waals surface area contributed by atoms with E-state index in [1.807, 2.05) is 6.92 Å². The quantitative estimate of drug-likeness (QED) is 0.693. The second kappa shape index (κ2) is 7.91. The number of ether oxygens (including phenoxy) is 1. The minimum absolute atomic E-state index is 0.00830. The largest absolute Gasteiger partial charge is 0.461 e. The van der Waals surface area contributed by atoms with Gasteiger partial charge in [0.2, 0.25) is 4.80 Å². The molecule has 0 atom stereocenters. The van der Waals surface area contributed by atoms with Crippen molar-refractivity contribution in [3.63, 3.8) is 0 Å². The Balaban J connectivity index is 1.88. The molecule has 0 aromatic carbocycles. The van der Waals surface area contributed by atoms with Gasteiger partial charge in [-0.15, -0.1) is 25.5 Å². The first-order valence-corrected chi connectivity index (χ1v) is 11.2. The third kappa shape index (κ3) is 4.52. The lowest BCUT2D eigenvalue weighted by atomic mass is 10.5. The van der Waals surface area contributed by atoms with Gasteiger partial charge < -0.3 is 9.30 Å². The van der Waals surface area contributed by atoms with Crippen molar-refractivity contribution in [1.29, 1.82) is 0 Å².